The predicted octanol–water partition coefficient (Wildman–Crippen LogP) is 2.99. The summed E-state index contributed by atoms with van der Waals surface area (Å²) in [6, 6.07) is 6.88. The largest absolute Gasteiger partial charge is 0.507 e. The molecule has 1 fully saturated rings. The van der Waals surface area contributed by atoms with Gasteiger partial charge in [0.15, 0.2) is 0 Å². The molecule has 1 heterocycles. The van der Waals surface area contributed by atoms with E-state index in [0.717, 1.165) is 13.0 Å². The highest BCUT2D eigenvalue weighted by molar-refractivity contribution is 5.97. The summed E-state index contributed by atoms with van der Waals surface area (Å²) >= 11 is 0. The second-order valence-corrected chi connectivity index (χ2v) is 5.62. The van der Waals surface area contributed by atoms with Gasteiger partial charge in [0.25, 0.3) is 5.91 Å². The minimum absolute atomic E-state index is 0.0583. The third-order valence-electron chi connectivity index (χ3n) is 4.38. The number of aromatic hydroxyl groups is 1. The zero-order valence-corrected chi connectivity index (χ0v) is 11.6. The molecule has 1 N–H and O–H groups in total. The van der Waals surface area contributed by atoms with Crippen LogP contribution < -0.4 is 0 Å². The molecule has 104 valence electrons. The van der Waals surface area contributed by atoms with Crippen molar-refractivity contribution in [3.05, 3.63) is 54.1 Å². The van der Waals surface area contributed by atoms with E-state index in [1.807, 2.05) is 11.0 Å². The molecule has 1 aliphatic carbocycles. The van der Waals surface area contributed by atoms with Gasteiger partial charge in [0.05, 0.1) is 11.6 Å². The van der Waals surface area contributed by atoms with Crippen LogP contribution in [0.2, 0.25) is 0 Å². The Hall–Kier alpha value is -2.03. The molecule has 1 aromatic carbocycles. The molecule has 0 spiro atoms. The lowest BCUT2D eigenvalue weighted by Gasteiger charge is -2.43. The van der Waals surface area contributed by atoms with Crippen molar-refractivity contribution < 1.29 is 9.90 Å². The first-order valence-corrected chi connectivity index (χ1v) is 7.12. The second kappa shape index (κ2) is 5.16. The molecule has 0 radical (unpaired) electrons. The molecular weight excluding hydrogens is 250 g/mol. The van der Waals surface area contributed by atoms with Gasteiger partial charge in [0.2, 0.25) is 0 Å². The lowest BCUT2D eigenvalue weighted by Crippen LogP contribution is -2.50. The number of phenolic OH excluding ortho intramolecular Hbond substituents is 1. The van der Waals surface area contributed by atoms with Crippen LogP contribution in [0.5, 0.6) is 5.75 Å². The van der Waals surface area contributed by atoms with Crippen molar-refractivity contribution in [3.8, 4) is 5.75 Å². The topological polar surface area (TPSA) is 40.5 Å². The predicted molar refractivity (Wildman–Crippen MR) is 78.5 cm³/mol. The molecule has 0 saturated carbocycles. The highest BCUT2D eigenvalue weighted by Gasteiger charge is 2.36. The molecule has 0 aromatic heterocycles. The molecule has 3 rings (SSSR count). The van der Waals surface area contributed by atoms with Gasteiger partial charge in [0.1, 0.15) is 5.75 Å². The number of hydrogen-bond acceptors (Lipinski definition) is 2. The third-order valence-corrected chi connectivity index (χ3v) is 4.38. The number of likely N-dealkylation sites (tertiary alicyclic amines) is 1. The van der Waals surface area contributed by atoms with Crippen LogP contribution in [0.25, 0.3) is 0 Å². The number of amides is 1. The minimum atomic E-state index is -0.0787. The molecule has 3 unspecified atom stereocenters. The monoisotopic (exact) mass is 269 g/mol. The van der Waals surface area contributed by atoms with Crippen molar-refractivity contribution in [2.45, 2.75) is 19.4 Å². The Morgan fingerprint density at radius 2 is 2.00 bits per heavy atom. The molecule has 0 bridgehead atoms. The van der Waals surface area contributed by atoms with Crippen LogP contribution in [0.4, 0.5) is 0 Å². The van der Waals surface area contributed by atoms with E-state index in [9.17, 15) is 9.90 Å². The normalized spacial score (nSPS) is 28.2. The molecule has 3 atom stereocenters. The van der Waals surface area contributed by atoms with Crippen LogP contribution in [-0.2, 0) is 0 Å². The number of phenols is 1. The average Bonchev–Trinajstić information content (AvgIpc) is 2.48. The van der Waals surface area contributed by atoms with E-state index < -0.39 is 0 Å². The summed E-state index contributed by atoms with van der Waals surface area (Å²) in [6.07, 6.45) is 9.35. The van der Waals surface area contributed by atoms with Gasteiger partial charge in [-0.2, -0.15) is 0 Å². The SMILES string of the molecule is CC1CCN(C(=O)c2ccccc2O)C2C=CC=CC12. The smallest absolute Gasteiger partial charge is 0.258 e. The highest BCUT2D eigenvalue weighted by atomic mass is 16.3. The van der Waals surface area contributed by atoms with Crippen LogP contribution in [-0.4, -0.2) is 28.5 Å². The first kappa shape index (κ1) is 13.0. The van der Waals surface area contributed by atoms with Crippen molar-refractivity contribution in [3.63, 3.8) is 0 Å². The van der Waals surface area contributed by atoms with Crippen LogP contribution in [0.3, 0.4) is 0 Å². The average molecular weight is 269 g/mol. The van der Waals surface area contributed by atoms with Gasteiger partial charge < -0.3 is 10.0 Å². The zero-order valence-electron chi connectivity index (χ0n) is 11.6. The van der Waals surface area contributed by atoms with Gasteiger partial charge in [0, 0.05) is 12.5 Å². The van der Waals surface area contributed by atoms with E-state index in [-0.39, 0.29) is 17.7 Å². The quantitative estimate of drug-likeness (QED) is 0.851. The third kappa shape index (κ3) is 2.13. The van der Waals surface area contributed by atoms with Gasteiger partial charge in [-0.25, -0.2) is 0 Å². The van der Waals surface area contributed by atoms with Crippen molar-refractivity contribution in [1.29, 1.82) is 0 Å². The van der Waals surface area contributed by atoms with Crippen LogP contribution in [0.15, 0.2) is 48.6 Å². The number of hydrogen-bond donors (Lipinski definition) is 1. The maximum atomic E-state index is 12.7. The van der Waals surface area contributed by atoms with E-state index in [1.165, 1.54) is 0 Å². The number of fused-ring (bicyclic) bond motifs is 1. The van der Waals surface area contributed by atoms with Crippen molar-refractivity contribution >= 4 is 5.91 Å². The maximum Gasteiger partial charge on any atom is 0.258 e. The Bertz CT molecular complexity index is 576. The number of rotatable bonds is 1. The summed E-state index contributed by atoms with van der Waals surface area (Å²) in [4.78, 5) is 14.6. The molecule has 1 amide bonds. The van der Waals surface area contributed by atoms with Crippen molar-refractivity contribution in [2.24, 2.45) is 11.8 Å². The minimum Gasteiger partial charge on any atom is -0.507 e. The molecule has 1 aliphatic heterocycles. The summed E-state index contributed by atoms with van der Waals surface area (Å²) in [5.74, 6) is 0.936. The summed E-state index contributed by atoms with van der Waals surface area (Å²) < 4.78 is 0. The molecular formula is C17H19NO2. The number of carbonyl (C=O) groups excluding carboxylic acids is 1. The molecule has 2 aliphatic rings. The van der Waals surface area contributed by atoms with Gasteiger partial charge >= 0.3 is 0 Å². The Balaban J connectivity index is 1.90. The summed E-state index contributed by atoms with van der Waals surface area (Å²) in [7, 11) is 0. The molecule has 3 heteroatoms. The van der Waals surface area contributed by atoms with Gasteiger partial charge in [-0.3, -0.25) is 4.79 Å². The Kier molecular flexibility index (Phi) is 3.35. The fourth-order valence-corrected chi connectivity index (χ4v) is 3.18. The summed E-state index contributed by atoms with van der Waals surface area (Å²) in [5, 5.41) is 9.88. The van der Waals surface area contributed by atoms with Crippen LogP contribution >= 0.6 is 0 Å². The first-order chi connectivity index (χ1) is 9.68. The van der Waals surface area contributed by atoms with Gasteiger partial charge in [-0.1, -0.05) is 43.4 Å². The van der Waals surface area contributed by atoms with E-state index in [1.54, 1.807) is 24.3 Å². The van der Waals surface area contributed by atoms with E-state index in [0.29, 0.717) is 17.4 Å². The van der Waals surface area contributed by atoms with E-state index >= 15 is 0 Å². The second-order valence-electron chi connectivity index (χ2n) is 5.62. The van der Waals surface area contributed by atoms with Crippen LogP contribution in [0.1, 0.15) is 23.7 Å². The number of benzene rings is 1. The Morgan fingerprint density at radius 1 is 1.25 bits per heavy atom. The zero-order chi connectivity index (χ0) is 14.1. The number of para-hydroxylation sites is 1. The number of piperidine rings is 1. The standard InChI is InChI=1S/C17H19NO2/c1-12-10-11-18(15-8-4-2-6-13(12)15)17(20)14-7-3-5-9-16(14)19/h2-9,12-13,15,19H,10-11H2,1H3. The Labute approximate surface area is 119 Å². The summed E-state index contributed by atoms with van der Waals surface area (Å²) in [6.45, 7) is 2.98. The summed E-state index contributed by atoms with van der Waals surface area (Å²) in [5.41, 5.74) is 0.392. The fourth-order valence-electron chi connectivity index (χ4n) is 3.18. The number of carbonyl (C=O) groups is 1. The molecule has 20 heavy (non-hydrogen) atoms. The molecule has 1 aromatic rings. The fraction of sp³-hybridized carbons (Fsp3) is 0.353. The molecule has 1 saturated heterocycles. The van der Waals surface area contributed by atoms with Crippen molar-refractivity contribution in [1.82, 2.24) is 4.90 Å². The van der Waals surface area contributed by atoms with E-state index in [2.05, 4.69) is 25.2 Å². The van der Waals surface area contributed by atoms with Gasteiger partial charge in [-0.05, 0) is 24.5 Å². The maximum absolute atomic E-state index is 12.7. The first-order valence-electron chi connectivity index (χ1n) is 7.12. The lowest BCUT2D eigenvalue weighted by atomic mass is 9.78. The van der Waals surface area contributed by atoms with Gasteiger partial charge in [-0.15, -0.1) is 0 Å². The van der Waals surface area contributed by atoms with Crippen molar-refractivity contribution in [2.75, 3.05) is 6.54 Å². The number of allylic oxidation sites excluding steroid dienone is 2. The number of nitrogens with zero attached hydrogens (tertiary/aromatic N) is 1. The highest BCUT2D eigenvalue weighted by Crippen LogP contribution is 2.34. The lowest BCUT2D eigenvalue weighted by molar-refractivity contribution is 0.0539. The van der Waals surface area contributed by atoms with E-state index in [4.69, 9.17) is 0 Å². The Morgan fingerprint density at radius 3 is 2.80 bits per heavy atom. The molecule has 3 nitrogen and oxygen atoms in total. The van der Waals surface area contributed by atoms with Crippen LogP contribution in [0, 0.1) is 11.8 Å².